The normalized spacial score (nSPS) is 14.9. The molecule has 0 radical (unpaired) electrons. The van der Waals surface area contributed by atoms with Crippen LogP contribution in [0.2, 0.25) is 0 Å². The van der Waals surface area contributed by atoms with Crippen LogP contribution < -0.4 is 5.32 Å². The number of likely N-dealkylation sites (tertiary alicyclic amines) is 1. The third kappa shape index (κ3) is 4.14. The summed E-state index contributed by atoms with van der Waals surface area (Å²) in [5, 5.41) is 12.8. The van der Waals surface area contributed by atoms with Crippen LogP contribution in [0.25, 0.3) is 0 Å². The summed E-state index contributed by atoms with van der Waals surface area (Å²) in [5.41, 5.74) is 2.20. The van der Waals surface area contributed by atoms with Gasteiger partial charge in [0.2, 0.25) is 11.9 Å². The van der Waals surface area contributed by atoms with Crippen LogP contribution in [0.1, 0.15) is 42.1 Å². The third-order valence-corrected chi connectivity index (χ3v) is 4.46. The molecule has 1 aliphatic heterocycles. The number of hydrogen-bond acceptors (Lipinski definition) is 6. The summed E-state index contributed by atoms with van der Waals surface area (Å²) in [5.74, 6) is 0.211. The van der Waals surface area contributed by atoms with Crippen LogP contribution in [-0.2, 0) is 4.79 Å². The number of carbonyl (C=O) groups excluding carboxylic acids is 1. The molecule has 3 heterocycles. The van der Waals surface area contributed by atoms with E-state index in [4.69, 9.17) is 0 Å². The van der Waals surface area contributed by atoms with E-state index in [9.17, 15) is 10.1 Å². The lowest BCUT2D eigenvalue weighted by atomic mass is 9.99. The fourth-order valence-electron chi connectivity index (χ4n) is 3.06. The number of anilines is 1. The maximum atomic E-state index is 11.6. The zero-order chi connectivity index (χ0) is 18.4. The quantitative estimate of drug-likeness (QED) is 0.770. The predicted molar refractivity (Wildman–Crippen MR) is 97.4 cm³/mol. The molecule has 3 rings (SSSR count). The first-order chi connectivity index (χ1) is 12.7. The van der Waals surface area contributed by atoms with E-state index in [1.165, 1.54) is 0 Å². The van der Waals surface area contributed by atoms with Crippen molar-refractivity contribution in [3.63, 3.8) is 0 Å². The minimum absolute atomic E-state index is 0.242. The van der Waals surface area contributed by atoms with Crippen molar-refractivity contribution in [2.24, 2.45) is 0 Å². The first kappa shape index (κ1) is 17.8. The van der Waals surface area contributed by atoms with Crippen molar-refractivity contribution in [2.45, 2.75) is 32.1 Å². The first-order valence-electron chi connectivity index (χ1n) is 8.85. The molecule has 1 aliphatic rings. The molecule has 7 heteroatoms. The van der Waals surface area contributed by atoms with Gasteiger partial charge in [0.05, 0.1) is 17.5 Å². The summed E-state index contributed by atoms with van der Waals surface area (Å²) < 4.78 is 0. The Kier molecular flexibility index (Phi) is 5.74. The summed E-state index contributed by atoms with van der Waals surface area (Å²) in [6.45, 7) is 4.18. The molecule has 26 heavy (non-hydrogen) atoms. The lowest BCUT2D eigenvalue weighted by Crippen LogP contribution is -2.27. The van der Waals surface area contributed by atoms with Gasteiger partial charge >= 0.3 is 0 Å². The molecule has 2 aromatic heterocycles. The highest BCUT2D eigenvalue weighted by atomic mass is 16.2. The van der Waals surface area contributed by atoms with Gasteiger partial charge in [0.1, 0.15) is 5.92 Å². The highest BCUT2D eigenvalue weighted by molar-refractivity contribution is 5.78. The molecule has 0 aliphatic carbocycles. The Balaban J connectivity index is 1.64. The molecule has 134 valence electrons. The van der Waals surface area contributed by atoms with Gasteiger partial charge in [-0.2, -0.15) is 5.26 Å². The SMILES string of the molecule is Cc1cnc(NCCCN2CCCC2=O)nc1C(C#N)c1ccccn1. The van der Waals surface area contributed by atoms with Crippen LogP contribution in [0.5, 0.6) is 0 Å². The summed E-state index contributed by atoms with van der Waals surface area (Å²) >= 11 is 0. The minimum Gasteiger partial charge on any atom is -0.354 e. The Hall–Kier alpha value is -3.01. The number of nitrogens with one attached hydrogen (secondary N) is 1. The second kappa shape index (κ2) is 8.39. The van der Waals surface area contributed by atoms with Crippen molar-refractivity contribution in [3.8, 4) is 6.07 Å². The van der Waals surface area contributed by atoms with Crippen molar-refractivity contribution in [3.05, 3.63) is 47.5 Å². The molecule has 1 unspecified atom stereocenters. The standard InChI is InChI=1S/C19H22N6O/c1-14-13-23-19(22-9-5-11-25-10-4-7-17(25)26)24-18(14)15(12-20)16-6-2-3-8-21-16/h2-3,6,8,13,15H,4-5,7,9-11H2,1H3,(H,22,23,24). The molecule has 0 saturated carbocycles. The molecule has 1 N–H and O–H groups in total. The Morgan fingerprint density at radius 1 is 1.38 bits per heavy atom. The van der Waals surface area contributed by atoms with Gasteiger partial charge in [-0.15, -0.1) is 0 Å². The molecule has 2 aromatic rings. The summed E-state index contributed by atoms with van der Waals surface area (Å²) in [4.78, 5) is 26.6. The summed E-state index contributed by atoms with van der Waals surface area (Å²) in [6.07, 6.45) is 5.86. The van der Waals surface area contributed by atoms with E-state index in [1.54, 1.807) is 12.4 Å². The van der Waals surface area contributed by atoms with Gasteiger partial charge in [0, 0.05) is 38.4 Å². The van der Waals surface area contributed by atoms with Gasteiger partial charge in [-0.3, -0.25) is 9.78 Å². The number of rotatable bonds is 7. The van der Waals surface area contributed by atoms with E-state index < -0.39 is 5.92 Å². The highest BCUT2D eigenvalue weighted by Gasteiger charge is 2.20. The Morgan fingerprint density at radius 2 is 2.27 bits per heavy atom. The van der Waals surface area contributed by atoms with Gasteiger partial charge in [0.25, 0.3) is 0 Å². The van der Waals surface area contributed by atoms with Crippen molar-refractivity contribution in [2.75, 3.05) is 25.0 Å². The average Bonchev–Trinajstić information content (AvgIpc) is 3.07. The lowest BCUT2D eigenvalue weighted by Gasteiger charge is -2.16. The molecule has 0 spiro atoms. The Labute approximate surface area is 153 Å². The third-order valence-electron chi connectivity index (χ3n) is 4.46. The van der Waals surface area contributed by atoms with E-state index in [-0.39, 0.29) is 5.91 Å². The fourth-order valence-corrected chi connectivity index (χ4v) is 3.06. The van der Waals surface area contributed by atoms with Crippen molar-refractivity contribution < 1.29 is 4.79 Å². The summed E-state index contributed by atoms with van der Waals surface area (Å²) in [6, 6.07) is 7.80. The topological polar surface area (TPSA) is 94.8 Å². The molecular formula is C19H22N6O. The molecular weight excluding hydrogens is 328 g/mol. The van der Waals surface area contributed by atoms with Crippen LogP contribution in [0, 0.1) is 18.3 Å². The molecule has 7 nitrogen and oxygen atoms in total. The van der Waals surface area contributed by atoms with E-state index in [0.717, 1.165) is 31.5 Å². The number of hydrogen-bond donors (Lipinski definition) is 1. The number of nitriles is 1. The minimum atomic E-state index is -0.526. The van der Waals surface area contributed by atoms with Crippen LogP contribution in [0.15, 0.2) is 30.6 Å². The van der Waals surface area contributed by atoms with Gasteiger partial charge in [-0.1, -0.05) is 6.07 Å². The predicted octanol–water partition coefficient (Wildman–Crippen LogP) is 2.26. The maximum absolute atomic E-state index is 11.6. The van der Waals surface area contributed by atoms with Gasteiger partial charge < -0.3 is 10.2 Å². The monoisotopic (exact) mass is 350 g/mol. The molecule has 0 aromatic carbocycles. The molecule has 1 saturated heterocycles. The number of amides is 1. The number of aromatic nitrogens is 3. The van der Waals surface area contributed by atoms with E-state index in [2.05, 4.69) is 26.3 Å². The van der Waals surface area contributed by atoms with E-state index in [0.29, 0.717) is 30.3 Å². The van der Waals surface area contributed by atoms with Crippen LogP contribution >= 0.6 is 0 Å². The highest BCUT2D eigenvalue weighted by Crippen LogP contribution is 2.23. The van der Waals surface area contributed by atoms with Crippen molar-refractivity contribution >= 4 is 11.9 Å². The zero-order valence-corrected chi connectivity index (χ0v) is 14.9. The summed E-state index contributed by atoms with van der Waals surface area (Å²) in [7, 11) is 0. The second-order valence-corrected chi connectivity index (χ2v) is 6.34. The van der Waals surface area contributed by atoms with Crippen LogP contribution in [-0.4, -0.2) is 45.4 Å². The van der Waals surface area contributed by atoms with Gasteiger partial charge in [0.15, 0.2) is 0 Å². The average molecular weight is 350 g/mol. The largest absolute Gasteiger partial charge is 0.354 e. The Bertz CT molecular complexity index is 801. The second-order valence-electron chi connectivity index (χ2n) is 6.34. The first-order valence-corrected chi connectivity index (χ1v) is 8.85. The molecule has 1 atom stereocenters. The number of carbonyl (C=O) groups is 1. The van der Waals surface area contributed by atoms with E-state index >= 15 is 0 Å². The molecule has 0 bridgehead atoms. The maximum Gasteiger partial charge on any atom is 0.222 e. The number of pyridine rings is 1. The van der Waals surface area contributed by atoms with Gasteiger partial charge in [-0.05, 0) is 37.5 Å². The number of aryl methyl sites for hydroxylation is 1. The van der Waals surface area contributed by atoms with E-state index in [1.807, 2.05) is 30.0 Å². The van der Waals surface area contributed by atoms with Crippen molar-refractivity contribution in [1.82, 2.24) is 19.9 Å². The Morgan fingerprint density at radius 3 is 2.96 bits per heavy atom. The fraction of sp³-hybridized carbons (Fsp3) is 0.421. The smallest absolute Gasteiger partial charge is 0.222 e. The lowest BCUT2D eigenvalue weighted by molar-refractivity contribution is -0.127. The molecule has 1 fully saturated rings. The van der Waals surface area contributed by atoms with Crippen LogP contribution in [0.3, 0.4) is 0 Å². The van der Waals surface area contributed by atoms with Crippen molar-refractivity contribution in [1.29, 1.82) is 5.26 Å². The molecule has 1 amide bonds. The van der Waals surface area contributed by atoms with Gasteiger partial charge in [-0.25, -0.2) is 9.97 Å². The zero-order valence-electron chi connectivity index (χ0n) is 14.9. The number of nitrogens with zero attached hydrogens (tertiary/aromatic N) is 5. The van der Waals surface area contributed by atoms with Crippen LogP contribution in [0.4, 0.5) is 5.95 Å².